The summed E-state index contributed by atoms with van der Waals surface area (Å²) in [5.74, 6) is 0.317. The number of rotatable bonds is 5. The molecule has 120 valence electrons. The standard InChI is InChI=1S/C14H12ClN3O4S/c15-9-3-1-8(2-4-9)10(19)5-11-16-12(22-17-11)6-18-13(20)7-23-14(18)21/h1-4,10,19H,5-7H2/t10-/m0/s1. The predicted octanol–water partition coefficient (Wildman–Crippen LogP) is 2.19. The number of halogens is 1. The van der Waals surface area contributed by atoms with E-state index in [0.29, 0.717) is 16.4 Å². The van der Waals surface area contributed by atoms with Gasteiger partial charge in [0, 0.05) is 11.4 Å². The fourth-order valence-electron chi connectivity index (χ4n) is 2.08. The number of carbonyl (C=O) groups excluding carboxylic acids is 2. The number of aromatic nitrogens is 2. The molecule has 0 bridgehead atoms. The van der Waals surface area contributed by atoms with Crippen LogP contribution < -0.4 is 0 Å². The average Bonchev–Trinajstić information content (AvgIpc) is 3.09. The molecule has 1 aromatic heterocycles. The van der Waals surface area contributed by atoms with Crippen molar-refractivity contribution >= 4 is 34.5 Å². The largest absolute Gasteiger partial charge is 0.388 e. The maximum atomic E-state index is 11.5. The number of carbonyl (C=O) groups is 2. The molecule has 0 aliphatic carbocycles. The van der Waals surface area contributed by atoms with Crippen LogP contribution in [-0.4, -0.2) is 37.0 Å². The fourth-order valence-corrected chi connectivity index (χ4v) is 2.93. The molecule has 1 N–H and O–H groups in total. The number of hydrogen-bond donors (Lipinski definition) is 1. The molecule has 1 aliphatic rings. The summed E-state index contributed by atoms with van der Waals surface area (Å²) in [5, 5.41) is 14.2. The van der Waals surface area contributed by atoms with Crippen molar-refractivity contribution in [3.05, 3.63) is 46.6 Å². The Bertz CT molecular complexity index is 718. The van der Waals surface area contributed by atoms with Gasteiger partial charge < -0.3 is 9.63 Å². The van der Waals surface area contributed by atoms with Crippen LogP contribution in [0.4, 0.5) is 4.79 Å². The predicted molar refractivity (Wildman–Crippen MR) is 82.8 cm³/mol. The lowest BCUT2D eigenvalue weighted by Crippen LogP contribution is -2.28. The summed E-state index contributed by atoms with van der Waals surface area (Å²) >= 11 is 6.75. The topological polar surface area (TPSA) is 96.5 Å². The van der Waals surface area contributed by atoms with E-state index in [4.69, 9.17) is 16.1 Å². The van der Waals surface area contributed by atoms with Gasteiger partial charge in [0.2, 0.25) is 11.8 Å². The number of benzene rings is 1. The Hall–Kier alpha value is -1.90. The van der Waals surface area contributed by atoms with E-state index in [2.05, 4.69) is 10.1 Å². The molecule has 3 rings (SSSR count). The number of thioether (sulfide) groups is 1. The van der Waals surface area contributed by atoms with Crippen molar-refractivity contribution in [3.63, 3.8) is 0 Å². The summed E-state index contributed by atoms with van der Waals surface area (Å²) in [7, 11) is 0. The smallest absolute Gasteiger partial charge is 0.289 e. The van der Waals surface area contributed by atoms with E-state index in [9.17, 15) is 14.7 Å². The maximum absolute atomic E-state index is 11.5. The summed E-state index contributed by atoms with van der Waals surface area (Å²) in [6.07, 6.45) is -0.648. The summed E-state index contributed by atoms with van der Waals surface area (Å²) in [6.45, 7) is -0.0469. The summed E-state index contributed by atoms with van der Waals surface area (Å²) < 4.78 is 5.03. The molecule has 2 aromatic rings. The van der Waals surface area contributed by atoms with Crippen molar-refractivity contribution in [1.29, 1.82) is 0 Å². The van der Waals surface area contributed by atoms with E-state index in [-0.39, 0.29) is 35.8 Å². The molecule has 23 heavy (non-hydrogen) atoms. The van der Waals surface area contributed by atoms with E-state index in [1.54, 1.807) is 24.3 Å². The highest BCUT2D eigenvalue weighted by atomic mass is 35.5. The molecule has 1 saturated heterocycles. The Morgan fingerprint density at radius 1 is 1.35 bits per heavy atom. The number of aliphatic hydroxyl groups is 1. The van der Waals surface area contributed by atoms with Gasteiger partial charge in [0.25, 0.3) is 5.24 Å². The number of aliphatic hydroxyl groups excluding tert-OH is 1. The summed E-state index contributed by atoms with van der Waals surface area (Å²) in [5.41, 5.74) is 0.682. The highest BCUT2D eigenvalue weighted by molar-refractivity contribution is 8.14. The van der Waals surface area contributed by atoms with Crippen LogP contribution in [0.25, 0.3) is 0 Å². The van der Waals surface area contributed by atoms with Crippen LogP contribution in [0, 0.1) is 0 Å². The molecule has 1 atom stereocenters. The summed E-state index contributed by atoms with van der Waals surface area (Å²) in [6, 6.07) is 6.80. The molecule has 1 aromatic carbocycles. The second kappa shape index (κ2) is 6.69. The molecule has 2 amide bonds. The van der Waals surface area contributed by atoms with Gasteiger partial charge >= 0.3 is 0 Å². The molecule has 1 aliphatic heterocycles. The third-order valence-corrected chi connectivity index (χ3v) is 4.39. The lowest BCUT2D eigenvalue weighted by Gasteiger charge is -2.09. The molecule has 0 saturated carbocycles. The Morgan fingerprint density at radius 3 is 2.74 bits per heavy atom. The first kappa shape index (κ1) is 16.0. The van der Waals surface area contributed by atoms with Crippen LogP contribution in [0.3, 0.4) is 0 Å². The molecule has 1 fully saturated rings. The van der Waals surface area contributed by atoms with Gasteiger partial charge in [0.1, 0.15) is 6.54 Å². The first-order valence-corrected chi connectivity index (χ1v) is 8.11. The zero-order valence-electron chi connectivity index (χ0n) is 11.8. The number of hydrogen-bond acceptors (Lipinski definition) is 7. The van der Waals surface area contributed by atoms with E-state index in [1.165, 1.54) is 0 Å². The van der Waals surface area contributed by atoms with E-state index >= 15 is 0 Å². The Balaban J connectivity index is 1.64. The van der Waals surface area contributed by atoms with Gasteiger partial charge in [0.15, 0.2) is 5.82 Å². The molecule has 9 heteroatoms. The van der Waals surface area contributed by atoms with Gasteiger partial charge in [-0.2, -0.15) is 4.98 Å². The Morgan fingerprint density at radius 2 is 2.09 bits per heavy atom. The van der Waals surface area contributed by atoms with Crippen molar-refractivity contribution in [2.45, 2.75) is 19.1 Å². The highest BCUT2D eigenvalue weighted by Crippen LogP contribution is 2.22. The Labute approximate surface area is 140 Å². The monoisotopic (exact) mass is 353 g/mol. The van der Waals surface area contributed by atoms with E-state index in [1.807, 2.05) is 0 Å². The zero-order chi connectivity index (χ0) is 16.4. The SMILES string of the molecule is O=C1CSC(=O)N1Cc1nc(C[C@H](O)c2ccc(Cl)cc2)no1. The molecule has 0 radical (unpaired) electrons. The van der Waals surface area contributed by atoms with E-state index in [0.717, 1.165) is 16.7 Å². The number of nitrogens with zero attached hydrogens (tertiary/aromatic N) is 3. The van der Waals surface area contributed by atoms with Crippen LogP contribution in [0.15, 0.2) is 28.8 Å². The highest BCUT2D eigenvalue weighted by Gasteiger charge is 2.31. The van der Waals surface area contributed by atoms with Gasteiger partial charge in [-0.3, -0.25) is 14.5 Å². The minimum absolute atomic E-state index is 0.0469. The lowest BCUT2D eigenvalue weighted by atomic mass is 10.1. The van der Waals surface area contributed by atoms with Crippen molar-refractivity contribution in [2.24, 2.45) is 0 Å². The van der Waals surface area contributed by atoms with Gasteiger partial charge in [-0.1, -0.05) is 40.7 Å². The first-order valence-electron chi connectivity index (χ1n) is 6.75. The van der Waals surface area contributed by atoms with Crippen LogP contribution in [0.5, 0.6) is 0 Å². The van der Waals surface area contributed by atoms with Gasteiger partial charge in [-0.25, -0.2) is 0 Å². The van der Waals surface area contributed by atoms with Gasteiger partial charge in [-0.15, -0.1) is 0 Å². The third-order valence-electron chi connectivity index (χ3n) is 3.27. The minimum atomic E-state index is -0.802. The number of imide groups is 1. The first-order chi connectivity index (χ1) is 11.0. The minimum Gasteiger partial charge on any atom is -0.388 e. The van der Waals surface area contributed by atoms with Crippen molar-refractivity contribution in [3.8, 4) is 0 Å². The second-order valence-electron chi connectivity index (χ2n) is 4.91. The van der Waals surface area contributed by atoms with Crippen LogP contribution in [0.1, 0.15) is 23.4 Å². The quantitative estimate of drug-likeness (QED) is 0.879. The second-order valence-corrected chi connectivity index (χ2v) is 6.27. The van der Waals surface area contributed by atoms with Crippen molar-refractivity contribution in [1.82, 2.24) is 15.0 Å². The Kier molecular flexibility index (Phi) is 4.65. The van der Waals surface area contributed by atoms with Crippen molar-refractivity contribution < 1.29 is 19.2 Å². The van der Waals surface area contributed by atoms with Crippen LogP contribution in [-0.2, 0) is 17.8 Å². The van der Waals surface area contributed by atoms with Crippen molar-refractivity contribution in [2.75, 3.05) is 5.75 Å². The fraction of sp³-hybridized carbons (Fsp3) is 0.286. The summed E-state index contributed by atoms with van der Waals surface area (Å²) in [4.78, 5) is 28.2. The molecular weight excluding hydrogens is 342 g/mol. The maximum Gasteiger partial charge on any atom is 0.289 e. The molecule has 0 unspecified atom stereocenters. The zero-order valence-corrected chi connectivity index (χ0v) is 13.4. The normalized spacial score (nSPS) is 16.2. The van der Waals surface area contributed by atoms with Gasteiger partial charge in [-0.05, 0) is 17.7 Å². The molecule has 0 spiro atoms. The molecule has 7 nitrogen and oxygen atoms in total. The van der Waals surface area contributed by atoms with Gasteiger partial charge in [0.05, 0.1) is 11.9 Å². The molecule has 2 heterocycles. The van der Waals surface area contributed by atoms with E-state index < -0.39 is 6.10 Å². The molecular formula is C14H12ClN3O4S. The number of amides is 2. The van der Waals surface area contributed by atoms with Crippen LogP contribution >= 0.6 is 23.4 Å². The lowest BCUT2D eigenvalue weighted by molar-refractivity contribution is -0.125. The third kappa shape index (κ3) is 3.72. The van der Waals surface area contributed by atoms with Crippen LogP contribution in [0.2, 0.25) is 5.02 Å². The average molecular weight is 354 g/mol.